The molecule has 17 heavy (non-hydrogen) atoms. The Morgan fingerprint density at radius 2 is 2.35 bits per heavy atom. The van der Waals surface area contributed by atoms with Crippen LogP contribution in [0.15, 0.2) is 18.2 Å². The van der Waals surface area contributed by atoms with Gasteiger partial charge in [-0.2, -0.15) is 0 Å². The standard InChI is InChI=1S/C13H19ClN2O/c1-16-8-3-2-6-12(16)10-17-13-7-4-5-11(9-14)15-13/h4-5,7,12H,2-3,6,8-10H2,1H3. The van der Waals surface area contributed by atoms with Crippen molar-refractivity contribution in [2.75, 3.05) is 20.2 Å². The summed E-state index contributed by atoms with van der Waals surface area (Å²) in [5, 5.41) is 0. The molecule has 0 aromatic carbocycles. The van der Waals surface area contributed by atoms with Crippen molar-refractivity contribution in [2.45, 2.75) is 31.2 Å². The summed E-state index contributed by atoms with van der Waals surface area (Å²) in [7, 11) is 2.16. The Labute approximate surface area is 108 Å². The molecule has 0 N–H and O–H groups in total. The lowest BCUT2D eigenvalue weighted by Gasteiger charge is -2.31. The largest absolute Gasteiger partial charge is 0.476 e. The average Bonchev–Trinajstić information content (AvgIpc) is 2.38. The fourth-order valence-corrected chi connectivity index (χ4v) is 2.30. The monoisotopic (exact) mass is 254 g/mol. The van der Waals surface area contributed by atoms with E-state index in [1.807, 2.05) is 18.2 Å². The van der Waals surface area contributed by atoms with Gasteiger partial charge in [0.1, 0.15) is 6.61 Å². The summed E-state index contributed by atoms with van der Waals surface area (Å²) >= 11 is 5.74. The van der Waals surface area contributed by atoms with E-state index in [-0.39, 0.29) is 0 Å². The van der Waals surface area contributed by atoms with Crippen molar-refractivity contribution < 1.29 is 4.74 Å². The van der Waals surface area contributed by atoms with Crippen LogP contribution in [0.3, 0.4) is 0 Å². The van der Waals surface area contributed by atoms with Gasteiger partial charge in [-0.1, -0.05) is 12.5 Å². The maximum Gasteiger partial charge on any atom is 0.213 e. The predicted molar refractivity (Wildman–Crippen MR) is 69.6 cm³/mol. The first-order valence-corrected chi connectivity index (χ1v) is 6.68. The molecular weight excluding hydrogens is 236 g/mol. The van der Waals surface area contributed by atoms with Crippen LogP contribution >= 0.6 is 11.6 Å². The number of likely N-dealkylation sites (N-methyl/N-ethyl adjacent to an activating group) is 1. The third-order valence-corrected chi connectivity index (χ3v) is 3.54. The minimum absolute atomic E-state index is 0.431. The van der Waals surface area contributed by atoms with Crippen molar-refractivity contribution in [3.8, 4) is 5.88 Å². The first-order chi connectivity index (χ1) is 8.29. The molecular formula is C13H19ClN2O. The summed E-state index contributed by atoms with van der Waals surface area (Å²) in [5.74, 6) is 1.11. The summed E-state index contributed by atoms with van der Waals surface area (Å²) in [6.07, 6.45) is 3.81. The molecule has 0 aliphatic carbocycles. The second-order valence-corrected chi connectivity index (χ2v) is 4.81. The van der Waals surface area contributed by atoms with Crippen molar-refractivity contribution in [1.29, 1.82) is 0 Å². The Hall–Kier alpha value is -0.800. The second kappa shape index (κ2) is 6.22. The van der Waals surface area contributed by atoms with E-state index in [1.165, 1.54) is 25.8 Å². The van der Waals surface area contributed by atoms with E-state index in [2.05, 4.69) is 16.9 Å². The first kappa shape index (κ1) is 12.7. The molecule has 2 rings (SSSR count). The highest BCUT2D eigenvalue weighted by molar-refractivity contribution is 6.16. The van der Waals surface area contributed by atoms with E-state index >= 15 is 0 Å². The molecule has 94 valence electrons. The first-order valence-electron chi connectivity index (χ1n) is 6.14. The molecule has 3 nitrogen and oxygen atoms in total. The molecule has 1 aliphatic rings. The van der Waals surface area contributed by atoms with Crippen LogP contribution in [-0.2, 0) is 5.88 Å². The Kier molecular flexibility index (Phi) is 4.63. The van der Waals surface area contributed by atoms with Gasteiger partial charge in [-0.05, 0) is 32.5 Å². The van der Waals surface area contributed by atoms with Crippen molar-refractivity contribution in [3.63, 3.8) is 0 Å². The van der Waals surface area contributed by atoms with Gasteiger partial charge >= 0.3 is 0 Å². The highest BCUT2D eigenvalue weighted by Gasteiger charge is 2.19. The highest BCUT2D eigenvalue weighted by Crippen LogP contribution is 2.16. The van der Waals surface area contributed by atoms with Crippen molar-refractivity contribution >= 4 is 11.6 Å². The molecule has 0 bridgehead atoms. The predicted octanol–water partition coefficient (Wildman–Crippen LogP) is 2.68. The Morgan fingerprint density at radius 3 is 3.12 bits per heavy atom. The Bertz CT molecular complexity index is 359. The quantitative estimate of drug-likeness (QED) is 0.773. The van der Waals surface area contributed by atoms with E-state index < -0.39 is 0 Å². The van der Waals surface area contributed by atoms with Gasteiger partial charge in [-0.25, -0.2) is 4.98 Å². The number of rotatable bonds is 4. The average molecular weight is 255 g/mol. The van der Waals surface area contributed by atoms with Crippen LogP contribution < -0.4 is 4.74 Å². The lowest BCUT2D eigenvalue weighted by atomic mass is 10.0. The zero-order valence-corrected chi connectivity index (χ0v) is 11.0. The molecule has 1 aliphatic heterocycles. The number of aromatic nitrogens is 1. The topological polar surface area (TPSA) is 25.4 Å². The molecule has 1 aromatic rings. The maximum atomic E-state index is 5.75. The van der Waals surface area contributed by atoms with Gasteiger partial charge in [0.2, 0.25) is 5.88 Å². The van der Waals surface area contributed by atoms with Crippen molar-refractivity contribution in [3.05, 3.63) is 23.9 Å². The molecule has 1 aromatic heterocycles. The molecule has 1 fully saturated rings. The van der Waals surface area contributed by atoms with Gasteiger partial charge < -0.3 is 9.64 Å². The summed E-state index contributed by atoms with van der Waals surface area (Å²) < 4.78 is 5.75. The minimum atomic E-state index is 0.431. The third-order valence-electron chi connectivity index (χ3n) is 3.26. The summed E-state index contributed by atoms with van der Waals surface area (Å²) in [6, 6.07) is 6.25. The Morgan fingerprint density at radius 1 is 1.47 bits per heavy atom. The summed E-state index contributed by atoms with van der Waals surface area (Å²) in [6.45, 7) is 1.89. The van der Waals surface area contributed by atoms with Gasteiger partial charge in [0.15, 0.2) is 0 Å². The zero-order valence-electron chi connectivity index (χ0n) is 10.2. The fourth-order valence-electron chi connectivity index (χ4n) is 2.15. The van der Waals surface area contributed by atoms with Crippen LogP contribution in [0.25, 0.3) is 0 Å². The van der Waals surface area contributed by atoms with Crippen LogP contribution in [0.2, 0.25) is 0 Å². The van der Waals surface area contributed by atoms with Crippen LogP contribution in [0.4, 0.5) is 0 Å². The number of halogens is 1. The number of piperidine rings is 1. The van der Waals surface area contributed by atoms with E-state index in [0.29, 0.717) is 17.8 Å². The molecule has 1 atom stereocenters. The summed E-state index contributed by atoms with van der Waals surface area (Å²) in [5.41, 5.74) is 0.862. The number of hydrogen-bond donors (Lipinski definition) is 0. The van der Waals surface area contributed by atoms with Gasteiger partial charge in [-0.15, -0.1) is 11.6 Å². The minimum Gasteiger partial charge on any atom is -0.476 e. The van der Waals surface area contributed by atoms with E-state index in [4.69, 9.17) is 16.3 Å². The number of nitrogens with zero attached hydrogens (tertiary/aromatic N) is 2. The highest BCUT2D eigenvalue weighted by atomic mass is 35.5. The maximum absolute atomic E-state index is 5.75. The molecule has 1 saturated heterocycles. The van der Waals surface area contributed by atoms with Crippen LogP contribution in [0.5, 0.6) is 5.88 Å². The van der Waals surface area contributed by atoms with Crippen LogP contribution in [0.1, 0.15) is 25.0 Å². The smallest absolute Gasteiger partial charge is 0.213 e. The molecule has 1 unspecified atom stereocenters. The Balaban J connectivity index is 1.88. The number of ether oxygens (including phenoxy) is 1. The SMILES string of the molecule is CN1CCCCC1COc1cccc(CCl)n1. The van der Waals surface area contributed by atoms with E-state index in [1.54, 1.807) is 0 Å². The molecule has 0 spiro atoms. The summed E-state index contributed by atoms with van der Waals surface area (Å²) in [4.78, 5) is 6.70. The molecule has 0 amide bonds. The van der Waals surface area contributed by atoms with Gasteiger partial charge in [0.05, 0.1) is 11.6 Å². The van der Waals surface area contributed by atoms with Crippen LogP contribution in [0, 0.1) is 0 Å². The molecule has 4 heteroatoms. The van der Waals surface area contributed by atoms with Gasteiger partial charge in [0.25, 0.3) is 0 Å². The van der Waals surface area contributed by atoms with Crippen molar-refractivity contribution in [1.82, 2.24) is 9.88 Å². The lowest BCUT2D eigenvalue weighted by Crippen LogP contribution is -2.40. The van der Waals surface area contributed by atoms with E-state index in [0.717, 1.165) is 12.3 Å². The fraction of sp³-hybridized carbons (Fsp3) is 0.615. The normalized spacial score (nSPS) is 21.4. The molecule has 0 radical (unpaired) electrons. The molecule has 0 saturated carbocycles. The lowest BCUT2D eigenvalue weighted by molar-refractivity contribution is 0.122. The number of alkyl halides is 1. The van der Waals surface area contributed by atoms with Gasteiger partial charge in [-0.3, -0.25) is 0 Å². The zero-order chi connectivity index (χ0) is 12.1. The van der Waals surface area contributed by atoms with E-state index in [9.17, 15) is 0 Å². The van der Waals surface area contributed by atoms with Crippen LogP contribution in [-0.4, -0.2) is 36.1 Å². The third kappa shape index (κ3) is 3.58. The number of hydrogen-bond acceptors (Lipinski definition) is 3. The van der Waals surface area contributed by atoms with Crippen molar-refractivity contribution in [2.24, 2.45) is 0 Å². The molecule has 2 heterocycles. The number of likely N-dealkylation sites (tertiary alicyclic amines) is 1. The van der Waals surface area contributed by atoms with Gasteiger partial charge in [0, 0.05) is 12.1 Å². The second-order valence-electron chi connectivity index (χ2n) is 4.54. The number of pyridine rings is 1.